The molecule has 16 heteroatoms. The molecule has 0 rings (SSSR count). The van der Waals surface area contributed by atoms with Crippen LogP contribution in [-0.4, -0.2) is 99.3 Å². The van der Waals surface area contributed by atoms with Gasteiger partial charge < -0.3 is 41.2 Å². The number of rotatable bonds is 46. The van der Waals surface area contributed by atoms with Crippen LogP contribution in [0.1, 0.15) is 219 Å². The molecule has 15 nitrogen and oxygen atoms in total. The van der Waals surface area contributed by atoms with Gasteiger partial charge in [0.25, 0.3) is 0 Å². The van der Waals surface area contributed by atoms with Gasteiger partial charge in [-0.1, -0.05) is 168 Å². The predicted octanol–water partition coefficient (Wildman–Crippen LogP) is 9.25. The lowest BCUT2D eigenvalue weighted by molar-refractivity contribution is -0.157. The third-order valence-electron chi connectivity index (χ3n) is 11.2. The molecule has 4 atom stereocenters. The van der Waals surface area contributed by atoms with Crippen LogP contribution in [0.5, 0.6) is 0 Å². The fourth-order valence-electron chi connectivity index (χ4n) is 7.21. The molecule has 0 heterocycles. The minimum atomic E-state index is -1.58. The summed E-state index contributed by atoms with van der Waals surface area (Å²) >= 11 is 1.17. The number of thioether (sulfide) groups is 1. The number of carbonyl (C=O) groups is 7. The number of aliphatic carboxylic acids is 3. The van der Waals surface area contributed by atoms with Gasteiger partial charge in [0.15, 0.2) is 0 Å². The second-order valence-electron chi connectivity index (χ2n) is 17.2. The van der Waals surface area contributed by atoms with E-state index in [2.05, 4.69) is 24.5 Å². The highest BCUT2D eigenvalue weighted by Crippen LogP contribution is 2.17. The summed E-state index contributed by atoms with van der Waals surface area (Å²) in [6.45, 7) is 4.31. The molecule has 64 heavy (non-hydrogen) atoms. The number of esters is 2. The number of unbranched alkanes of at least 4 members (excludes halogenated alkanes) is 24. The molecule has 0 saturated carbocycles. The van der Waals surface area contributed by atoms with Crippen molar-refractivity contribution in [3.8, 4) is 0 Å². The highest BCUT2D eigenvalue weighted by Gasteiger charge is 2.29. The topological polar surface area (TPSA) is 249 Å². The van der Waals surface area contributed by atoms with Crippen molar-refractivity contribution in [1.82, 2.24) is 10.6 Å². The van der Waals surface area contributed by atoms with Gasteiger partial charge in [-0.3, -0.25) is 28.8 Å². The van der Waals surface area contributed by atoms with Crippen LogP contribution in [0.4, 0.5) is 0 Å². The first kappa shape index (κ1) is 60.6. The normalized spacial score (nSPS) is 13.0. The number of carboxylic acids is 3. The molecule has 0 fully saturated rings. The van der Waals surface area contributed by atoms with E-state index in [1.54, 1.807) is 0 Å². The highest BCUT2D eigenvalue weighted by atomic mass is 32.2. The van der Waals surface area contributed by atoms with Gasteiger partial charge in [0.2, 0.25) is 11.8 Å². The van der Waals surface area contributed by atoms with Gasteiger partial charge in [-0.05, 0) is 25.7 Å². The summed E-state index contributed by atoms with van der Waals surface area (Å²) in [5.74, 6) is -6.45. The number of nitrogens with one attached hydrogen (secondary N) is 2. The molecule has 372 valence electrons. The van der Waals surface area contributed by atoms with E-state index in [9.17, 15) is 43.8 Å². The Kier molecular flexibility index (Phi) is 40.0. The van der Waals surface area contributed by atoms with Crippen LogP contribution < -0.4 is 16.4 Å². The molecule has 0 aromatic rings. The number of nitrogens with two attached hydrogens (primary N) is 1. The summed E-state index contributed by atoms with van der Waals surface area (Å²) in [7, 11) is 0. The molecule has 0 radical (unpaired) electrons. The van der Waals surface area contributed by atoms with Crippen molar-refractivity contribution in [2.24, 2.45) is 5.73 Å². The lowest BCUT2D eigenvalue weighted by Gasteiger charge is -2.23. The van der Waals surface area contributed by atoms with Gasteiger partial charge in [-0.25, -0.2) is 4.79 Å². The van der Waals surface area contributed by atoms with Gasteiger partial charge in [0.1, 0.15) is 24.8 Å². The molecular formula is C48H87N3O12S. The quantitative estimate of drug-likeness (QED) is 0.0246. The molecule has 0 spiro atoms. The average molecular weight is 930 g/mol. The summed E-state index contributed by atoms with van der Waals surface area (Å²) in [6.07, 6.45) is 28.7. The zero-order chi connectivity index (χ0) is 47.6. The first-order chi connectivity index (χ1) is 30.8. The van der Waals surface area contributed by atoms with Crippen LogP contribution in [0.3, 0.4) is 0 Å². The van der Waals surface area contributed by atoms with Crippen LogP contribution in [0, 0.1) is 0 Å². The zero-order valence-electron chi connectivity index (χ0n) is 39.6. The molecule has 0 aromatic heterocycles. The van der Waals surface area contributed by atoms with Gasteiger partial charge in [-0.2, -0.15) is 11.8 Å². The fraction of sp³-hybridized carbons (Fsp3) is 0.854. The lowest BCUT2D eigenvalue weighted by atomic mass is 10.0. The Balaban J connectivity index is 5.04. The largest absolute Gasteiger partial charge is 0.481 e. The molecule has 0 aliphatic heterocycles. The van der Waals surface area contributed by atoms with Crippen molar-refractivity contribution in [2.45, 2.75) is 244 Å². The Labute approximate surface area is 388 Å². The van der Waals surface area contributed by atoms with Gasteiger partial charge in [-0.15, -0.1) is 0 Å². The molecule has 1 unspecified atom stereocenters. The van der Waals surface area contributed by atoms with Crippen molar-refractivity contribution in [3.63, 3.8) is 0 Å². The summed E-state index contributed by atoms with van der Waals surface area (Å²) in [6, 6.07) is -4.24. The third-order valence-corrected chi connectivity index (χ3v) is 12.4. The molecule has 0 aliphatic carbocycles. The Morgan fingerprint density at radius 3 is 1.27 bits per heavy atom. The maximum absolute atomic E-state index is 13.0. The maximum atomic E-state index is 13.0. The first-order valence-corrected chi connectivity index (χ1v) is 25.9. The lowest BCUT2D eigenvalue weighted by Crippen LogP contribution is -2.55. The van der Waals surface area contributed by atoms with E-state index < -0.39 is 79.2 Å². The van der Waals surface area contributed by atoms with Crippen LogP contribution in [0.25, 0.3) is 0 Å². The van der Waals surface area contributed by atoms with Crippen molar-refractivity contribution in [1.29, 1.82) is 0 Å². The Morgan fingerprint density at radius 2 is 0.859 bits per heavy atom. The standard InChI is InChI=1S/C48H87N3O12S/c1-3-5-7-9-11-13-15-17-19-21-23-25-27-29-44(56)62-35-38(63-45(57)30-28-26-24-22-20-18-16-14-12-10-8-6-4-2)36-64-37-39(49)46(58)50-40(31-33-42(52)53)47(59)51-41(48(60)61)32-34-43(54)55/h38-41H,3-37,49H2,1-2H3,(H,50,58)(H,51,59)(H,52,53)(H,54,55)(H,60,61)/t38-,39?,40-,41-/m1/s1. The van der Waals surface area contributed by atoms with Crippen molar-refractivity contribution >= 4 is 53.4 Å². The average Bonchev–Trinajstić information content (AvgIpc) is 3.25. The number of amides is 2. The number of hydrogen-bond donors (Lipinski definition) is 6. The Bertz CT molecular complexity index is 1270. The van der Waals surface area contributed by atoms with Crippen LogP contribution >= 0.6 is 11.8 Å². The Morgan fingerprint density at radius 1 is 0.484 bits per heavy atom. The summed E-state index contributed by atoms with van der Waals surface area (Å²) < 4.78 is 11.3. The van der Waals surface area contributed by atoms with Crippen molar-refractivity contribution in [2.75, 3.05) is 18.1 Å². The third kappa shape index (κ3) is 37.9. The number of ether oxygens (including phenoxy) is 2. The fourth-order valence-corrected chi connectivity index (χ4v) is 8.18. The zero-order valence-corrected chi connectivity index (χ0v) is 40.4. The van der Waals surface area contributed by atoms with Crippen LogP contribution in [0.2, 0.25) is 0 Å². The molecule has 0 aliphatic rings. The monoisotopic (exact) mass is 930 g/mol. The number of carbonyl (C=O) groups excluding carboxylic acids is 4. The molecule has 2 amide bonds. The second-order valence-corrected chi connectivity index (χ2v) is 18.3. The van der Waals surface area contributed by atoms with Gasteiger partial charge in [0.05, 0.1) is 6.04 Å². The van der Waals surface area contributed by atoms with Crippen LogP contribution in [0.15, 0.2) is 0 Å². The Hall–Kier alpha value is -3.40. The van der Waals surface area contributed by atoms with E-state index in [1.807, 2.05) is 0 Å². The van der Waals surface area contributed by atoms with E-state index in [0.29, 0.717) is 12.8 Å². The highest BCUT2D eigenvalue weighted by molar-refractivity contribution is 7.99. The first-order valence-electron chi connectivity index (χ1n) is 24.8. The molecule has 0 aromatic carbocycles. The van der Waals surface area contributed by atoms with Crippen molar-refractivity contribution < 1.29 is 58.4 Å². The summed E-state index contributed by atoms with van der Waals surface area (Å²) in [4.78, 5) is 85.4. The SMILES string of the molecule is CCCCCCCCCCCCCCCC(=O)OC[C@H](CSCC(N)C(=O)N[C@H](CCC(=O)O)C(=O)N[C@H](CCC(=O)O)C(=O)O)OC(=O)CCCCCCCCCCCCCCC. The molecule has 0 bridgehead atoms. The second kappa shape index (κ2) is 42.2. The van der Waals surface area contributed by atoms with E-state index in [4.69, 9.17) is 20.3 Å². The summed E-state index contributed by atoms with van der Waals surface area (Å²) in [5, 5.41) is 32.1. The van der Waals surface area contributed by atoms with E-state index in [0.717, 1.165) is 38.5 Å². The molecule has 0 saturated heterocycles. The smallest absolute Gasteiger partial charge is 0.326 e. The number of carboxylic acid groups (broad SMARTS) is 3. The minimum absolute atomic E-state index is 0.00468. The predicted molar refractivity (Wildman–Crippen MR) is 252 cm³/mol. The van der Waals surface area contributed by atoms with Crippen LogP contribution in [-0.2, 0) is 43.0 Å². The van der Waals surface area contributed by atoms with Crippen molar-refractivity contribution in [3.05, 3.63) is 0 Å². The van der Waals surface area contributed by atoms with E-state index >= 15 is 0 Å². The molecular weight excluding hydrogens is 843 g/mol. The molecule has 7 N–H and O–H groups in total. The van der Waals surface area contributed by atoms with Gasteiger partial charge in [0, 0.05) is 37.2 Å². The number of hydrogen-bond acceptors (Lipinski definition) is 11. The minimum Gasteiger partial charge on any atom is -0.481 e. The van der Waals surface area contributed by atoms with E-state index in [-0.39, 0.29) is 43.3 Å². The maximum Gasteiger partial charge on any atom is 0.326 e. The summed E-state index contributed by atoms with van der Waals surface area (Å²) in [5.41, 5.74) is 6.13. The van der Waals surface area contributed by atoms with E-state index in [1.165, 1.54) is 127 Å². The van der Waals surface area contributed by atoms with Gasteiger partial charge >= 0.3 is 29.8 Å².